The monoisotopic (exact) mass is 576 g/mol. The van der Waals surface area contributed by atoms with E-state index in [2.05, 4.69) is 16.0 Å². The van der Waals surface area contributed by atoms with Crippen molar-refractivity contribution in [1.82, 2.24) is 14.9 Å². The summed E-state index contributed by atoms with van der Waals surface area (Å²) in [6.07, 6.45) is -0.372. The van der Waals surface area contributed by atoms with Crippen molar-refractivity contribution in [2.45, 2.75) is 36.2 Å². The third kappa shape index (κ3) is 8.27. The number of nitrogens with one attached hydrogen (secondary N) is 4. The molecule has 2 aromatic rings. The van der Waals surface area contributed by atoms with E-state index in [1.165, 1.54) is 23.9 Å². The minimum atomic E-state index is -3.94. The lowest BCUT2D eigenvalue weighted by molar-refractivity contribution is -0.142. The summed E-state index contributed by atoms with van der Waals surface area (Å²) in [4.78, 5) is 48.5. The fourth-order valence-corrected chi connectivity index (χ4v) is 6.86. The molecule has 13 nitrogen and oxygen atoms in total. The summed E-state index contributed by atoms with van der Waals surface area (Å²) in [5, 5.41) is 23.8. The van der Waals surface area contributed by atoms with Crippen molar-refractivity contribution in [2.24, 2.45) is 5.73 Å². The van der Waals surface area contributed by atoms with E-state index in [0.717, 1.165) is 4.31 Å². The van der Waals surface area contributed by atoms with Gasteiger partial charge < -0.3 is 21.5 Å². The van der Waals surface area contributed by atoms with Crippen LogP contribution in [0.15, 0.2) is 59.5 Å². The summed E-state index contributed by atoms with van der Waals surface area (Å²) in [7, 11) is -3.94. The van der Waals surface area contributed by atoms with Gasteiger partial charge in [0.15, 0.2) is 5.96 Å². The average Bonchev–Trinajstić information content (AvgIpc) is 3.39. The highest BCUT2D eigenvalue weighted by Crippen LogP contribution is 2.28. The molecule has 1 aliphatic heterocycles. The maximum Gasteiger partial charge on any atom is 0.326 e. The maximum atomic E-state index is 13.0. The Bertz CT molecular complexity index is 1340. The molecule has 0 saturated carbocycles. The number of aliphatic carboxylic acids is 1. The van der Waals surface area contributed by atoms with Crippen LogP contribution in [0.25, 0.3) is 0 Å². The molecule has 2 aromatic carbocycles. The third-order valence-corrected chi connectivity index (χ3v) is 8.68. The predicted octanol–water partition coefficient (Wildman–Crippen LogP) is 0.291. The molecular weight excluding hydrogens is 548 g/mol. The van der Waals surface area contributed by atoms with Crippen molar-refractivity contribution in [3.63, 3.8) is 0 Å². The SMILES string of the molecule is N=C(N)NC(=O)CCC(=O)Nc1ccc(C[C@H](NC(=O)[C@@H]2CSCN2S(=O)(=O)c2ccccc2)C(=O)O)cc1. The number of guanidine groups is 1. The zero-order chi connectivity index (χ0) is 28.6. The van der Waals surface area contributed by atoms with E-state index >= 15 is 0 Å². The molecule has 7 N–H and O–H groups in total. The number of carbonyl (C=O) groups is 4. The number of benzene rings is 2. The van der Waals surface area contributed by atoms with E-state index in [1.807, 2.05) is 0 Å². The van der Waals surface area contributed by atoms with Crippen LogP contribution in [0.4, 0.5) is 5.69 Å². The summed E-state index contributed by atoms with van der Waals surface area (Å²) < 4.78 is 27.1. The lowest BCUT2D eigenvalue weighted by Gasteiger charge is -2.24. The fraction of sp³-hybridized carbons (Fsp3) is 0.292. The molecule has 3 rings (SSSR count). The Labute approximate surface area is 229 Å². The van der Waals surface area contributed by atoms with Crippen LogP contribution < -0.4 is 21.7 Å². The highest BCUT2D eigenvalue weighted by molar-refractivity contribution is 8.00. The fourth-order valence-electron chi connectivity index (χ4n) is 3.69. The first kappa shape index (κ1) is 29.6. The molecule has 208 valence electrons. The van der Waals surface area contributed by atoms with E-state index in [1.54, 1.807) is 42.5 Å². The number of nitrogens with zero attached hydrogens (tertiary/aromatic N) is 1. The van der Waals surface area contributed by atoms with Crippen molar-refractivity contribution in [3.8, 4) is 0 Å². The predicted molar refractivity (Wildman–Crippen MR) is 144 cm³/mol. The molecule has 0 aromatic heterocycles. The second-order valence-electron chi connectivity index (χ2n) is 8.53. The smallest absolute Gasteiger partial charge is 0.326 e. The van der Waals surface area contributed by atoms with E-state index < -0.39 is 51.8 Å². The largest absolute Gasteiger partial charge is 0.480 e. The van der Waals surface area contributed by atoms with Crippen LogP contribution >= 0.6 is 11.8 Å². The van der Waals surface area contributed by atoms with Crippen molar-refractivity contribution in [3.05, 3.63) is 60.2 Å². The van der Waals surface area contributed by atoms with Gasteiger partial charge in [0.1, 0.15) is 12.1 Å². The Kier molecular flexibility index (Phi) is 10.0. The molecule has 2 atom stereocenters. The number of carboxylic acid groups (broad SMARTS) is 1. The molecule has 0 unspecified atom stereocenters. The second kappa shape index (κ2) is 13.2. The molecule has 0 aliphatic carbocycles. The molecule has 1 aliphatic rings. The first-order chi connectivity index (χ1) is 18.5. The number of carbonyl (C=O) groups excluding carboxylic acids is 3. The Balaban J connectivity index is 1.59. The van der Waals surface area contributed by atoms with Gasteiger partial charge in [-0.05, 0) is 29.8 Å². The van der Waals surface area contributed by atoms with Gasteiger partial charge in [-0.25, -0.2) is 13.2 Å². The Morgan fingerprint density at radius 2 is 1.69 bits per heavy atom. The van der Waals surface area contributed by atoms with Crippen molar-refractivity contribution in [1.29, 1.82) is 5.41 Å². The van der Waals surface area contributed by atoms with Gasteiger partial charge in [-0.15, -0.1) is 11.8 Å². The molecule has 39 heavy (non-hydrogen) atoms. The number of sulfonamides is 1. The Morgan fingerprint density at radius 1 is 1.05 bits per heavy atom. The molecule has 3 amide bonds. The lowest BCUT2D eigenvalue weighted by Crippen LogP contribution is -2.52. The van der Waals surface area contributed by atoms with E-state index in [-0.39, 0.29) is 35.8 Å². The molecule has 0 spiro atoms. The van der Waals surface area contributed by atoms with Crippen molar-refractivity contribution in [2.75, 3.05) is 16.9 Å². The molecule has 0 radical (unpaired) electrons. The maximum absolute atomic E-state index is 13.0. The number of carboxylic acids is 1. The third-order valence-electron chi connectivity index (χ3n) is 5.64. The quantitative estimate of drug-likeness (QED) is 0.160. The van der Waals surface area contributed by atoms with Gasteiger partial charge in [-0.3, -0.25) is 25.1 Å². The van der Waals surface area contributed by atoms with Gasteiger partial charge in [-0.1, -0.05) is 30.3 Å². The second-order valence-corrected chi connectivity index (χ2v) is 11.4. The van der Waals surface area contributed by atoms with Gasteiger partial charge >= 0.3 is 5.97 Å². The van der Waals surface area contributed by atoms with E-state index in [4.69, 9.17) is 11.1 Å². The highest BCUT2D eigenvalue weighted by atomic mass is 32.2. The van der Waals surface area contributed by atoms with Crippen molar-refractivity contribution >= 4 is 57.1 Å². The van der Waals surface area contributed by atoms with Crippen LogP contribution in [0.1, 0.15) is 18.4 Å². The Morgan fingerprint density at radius 3 is 2.31 bits per heavy atom. The van der Waals surface area contributed by atoms with Gasteiger partial charge in [0, 0.05) is 30.7 Å². The van der Waals surface area contributed by atoms with Crippen LogP contribution in [-0.2, 0) is 35.6 Å². The molecule has 1 heterocycles. The number of nitrogens with two attached hydrogens (primary N) is 1. The minimum absolute atomic E-state index is 0.0478. The molecule has 1 saturated heterocycles. The number of anilines is 1. The number of hydrogen-bond donors (Lipinski definition) is 6. The average molecular weight is 577 g/mol. The number of amides is 3. The summed E-state index contributed by atoms with van der Waals surface area (Å²) in [5.74, 6) is -3.24. The first-order valence-electron chi connectivity index (χ1n) is 11.7. The standard InChI is InChI=1S/C24H28N6O7S2/c25-24(26)29-21(32)11-10-20(31)27-16-8-6-15(7-9-16)12-18(23(34)35)28-22(33)19-13-38-14-30(19)39(36,37)17-4-2-1-3-5-17/h1-9,18-19H,10-14H2,(H,27,31)(H,28,33)(H,34,35)(H4,25,26,29,32)/t18-,19-/m0/s1. The van der Waals surface area contributed by atoms with Crippen LogP contribution in [0.3, 0.4) is 0 Å². The normalized spacial score (nSPS) is 16.2. The van der Waals surface area contributed by atoms with Gasteiger partial charge in [0.25, 0.3) is 0 Å². The zero-order valence-electron chi connectivity index (χ0n) is 20.6. The van der Waals surface area contributed by atoms with Crippen LogP contribution in [-0.4, -0.2) is 71.2 Å². The van der Waals surface area contributed by atoms with Crippen LogP contribution in [0.2, 0.25) is 0 Å². The van der Waals surface area contributed by atoms with Crippen LogP contribution in [0, 0.1) is 5.41 Å². The topological polar surface area (TPSA) is 212 Å². The summed E-state index contributed by atoms with van der Waals surface area (Å²) >= 11 is 1.26. The minimum Gasteiger partial charge on any atom is -0.480 e. The summed E-state index contributed by atoms with van der Waals surface area (Å²) in [5.41, 5.74) is 6.02. The lowest BCUT2D eigenvalue weighted by atomic mass is 10.0. The number of thioether (sulfide) groups is 1. The summed E-state index contributed by atoms with van der Waals surface area (Å²) in [6.45, 7) is 0. The zero-order valence-corrected chi connectivity index (χ0v) is 22.3. The van der Waals surface area contributed by atoms with Crippen LogP contribution in [0.5, 0.6) is 0 Å². The van der Waals surface area contributed by atoms with E-state index in [0.29, 0.717) is 11.3 Å². The molecule has 0 bridgehead atoms. The summed E-state index contributed by atoms with van der Waals surface area (Å²) in [6, 6.07) is 11.6. The van der Waals surface area contributed by atoms with Crippen molar-refractivity contribution < 1.29 is 32.7 Å². The van der Waals surface area contributed by atoms with E-state index in [9.17, 15) is 32.7 Å². The molecule has 1 fully saturated rings. The van der Waals surface area contributed by atoms with Gasteiger partial charge in [0.05, 0.1) is 10.8 Å². The highest BCUT2D eigenvalue weighted by Gasteiger charge is 2.41. The molecular formula is C24H28N6O7S2. The number of rotatable bonds is 11. The Hall–Kier alpha value is -3.95. The number of hydrogen-bond acceptors (Lipinski definition) is 8. The molecule has 15 heteroatoms. The first-order valence-corrected chi connectivity index (χ1v) is 14.3. The van der Waals surface area contributed by atoms with Gasteiger partial charge in [0.2, 0.25) is 27.7 Å². The van der Waals surface area contributed by atoms with Gasteiger partial charge in [-0.2, -0.15) is 4.31 Å².